The zero-order valence-electron chi connectivity index (χ0n) is 12.3. The molecule has 2 aromatic rings. The van der Waals surface area contributed by atoms with E-state index in [9.17, 15) is 4.79 Å². The maximum absolute atomic E-state index is 12.2. The Hall–Kier alpha value is -2.27. The summed E-state index contributed by atoms with van der Waals surface area (Å²) in [7, 11) is 3.12. The Morgan fingerprint density at radius 1 is 1.09 bits per heavy atom. The van der Waals surface area contributed by atoms with Crippen molar-refractivity contribution in [2.75, 3.05) is 19.5 Å². The van der Waals surface area contributed by atoms with Crippen LogP contribution in [0.5, 0.6) is 11.5 Å². The third-order valence-corrected chi connectivity index (χ3v) is 3.56. The number of carbonyl (C=O) groups excluding carboxylic acids is 1. The second-order valence-corrected chi connectivity index (χ2v) is 5.28. The summed E-state index contributed by atoms with van der Waals surface area (Å²) in [4.78, 5) is 12.2. The molecule has 4 nitrogen and oxygen atoms in total. The molecule has 0 fully saturated rings. The quantitative estimate of drug-likeness (QED) is 0.816. The summed E-state index contributed by atoms with van der Waals surface area (Å²) in [5, 5.41) is 2.80. The Bertz CT molecular complexity index is 684. The van der Waals surface area contributed by atoms with Crippen molar-refractivity contribution in [3.63, 3.8) is 0 Å². The van der Waals surface area contributed by atoms with Crippen LogP contribution in [0.15, 0.2) is 53.0 Å². The van der Waals surface area contributed by atoms with Gasteiger partial charge in [-0.2, -0.15) is 0 Å². The van der Waals surface area contributed by atoms with E-state index in [1.165, 1.54) is 0 Å². The first kappa shape index (κ1) is 16.1. The normalized spacial score (nSPS) is 11.0. The van der Waals surface area contributed by atoms with E-state index >= 15 is 0 Å². The van der Waals surface area contributed by atoms with Crippen LogP contribution in [0.4, 0.5) is 5.69 Å². The van der Waals surface area contributed by atoms with Crippen molar-refractivity contribution in [1.82, 2.24) is 0 Å². The van der Waals surface area contributed by atoms with E-state index in [-0.39, 0.29) is 5.91 Å². The fourth-order valence-electron chi connectivity index (χ4n) is 1.84. The number of hydrogen-bond acceptors (Lipinski definition) is 3. The van der Waals surface area contributed by atoms with Gasteiger partial charge in [-0.3, -0.25) is 4.79 Å². The number of nitrogens with one attached hydrogen (secondary N) is 1. The summed E-state index contributed by atoms with van der Waals surface area (Å²) in [6.07, 6.45) is 1.76. The molecule has 5 heteroatoms. The number of ether oxygens (including phenoxy) is 2. The van der Waals surface area contributed by atoms with Gasteiger partial charge in [0, 0.05) is 6.07 Å². The van der Waals surface area contributed by atoms with Gasteiger partial charge in [-0.1, -0.05) is 30.3 Å². The number of rotatable bonds is 5. The summed E-state index contributed by atoms with van der Waals surface area (Å²) < 4.78 is 10.8. The number of halogens is 1. The predicted molar refractivity (Wildman–Crippen MR) is 91.5 cm³/mol. The largest absolute Gasteiger partial charge is 0.497 e. The average molecular weight is 362 g/mol. The molecule has 0 aliphatic heterocycles. The Balaban J connectivity index is 2.16. The van der Waals surface area contributed by atoms with Crippen LogP contribution in [0, 0.1) is 0 Å². The van der Waals surface area contributed by atoms with E-state index in [2.05, 4.69) is 21.2 Å². The highest BCUT2D eigenvalue weighted by Gasteiger charge is 2.11. The molecule has 0 unspecified atom stereocenters. The minimum atomic E-state index is -0.257. The first-order valence-corrected chi connectivity index (χ1v) is 7.39. The van der Waals surface area contributed by atoms with Crippen LogP contribution < -0.4 is 14.8 Å². The Kier molecular flexibility index (Phi) is 5.61. The molecule has 0 bridgehead atoms. The van der Waals surface area contributed by atoms with Crippen molar-refractivity contribution in [3.8, 4) is 11.5 Å². The first-order valence-electron chi connectivity index (χ1n) is 6.59. The number of benzene rings is 2. The van der Waals surface area contributed by atoms with Crippen LogP contribution in [0.2, 0.25) is 0 Å². The zero-order chi connectivity index (χ0) is 15.9. The highest BCUT2D eigenvalue weighted by molar-refractivity contribution is 9.12. The Morgan fingerprint density at radius 3 is 2.45 bits per heavy atom. The van der Waals surface area contributed by atoms with E-state index in [0.29, 0.717) is 21.7 Å². The van der Waals surface area contributed by atoms with Gasteiger partial charge in [0.2, 0.25) is 0 Å². The van der Waals surface area contributed by atoms with Gasteiger partial charge >= 0.3 is 0 Å². The van der Waals surface area contributed by atoms with Gasteiger partial charge < -0.3 is 14.8 Å². The molecular formula is C17H16BrNO3. The molecule has 2 rings (SSSR count). The predicted octanol–water partition coefficient (Wildman–Crippen LogP) is 4.08. The van der Waals surface area contributed by atoms with Crippen LogP contribution in [-0.2, 0) is 4.79 Å². The van der Waals surface area contributed by atoms with Crippen molar-refractivity contribution in [1.29, 1.82) is 0 Å². The Morgan fingerprint density at radius 2 is 1.82 bits per heavy atom. The fraction of sp³-hybridized carbons (Fsp3) is 0.118. The van der Waals surface area contributed by atoms with Crippen molar-refractivity contribution in [2.24, 2.45) is 0 Å². The summed E-state index contributed by atoms with van der Waals surface area (Å²) in [6.45, 7) is 0. The van der Waals surface area contributed by atoms with Crippen LogP contribution in [0.25, 0.3) is 6.08 Å². The molecule has 0 radical (unpaired) electrons. The highest BCUT2D eigenvalue weighted by Crippen LogP contribution is 2.29. The van der Waals surface area contributed by atoms with Crippen LogP contribution in [0.1, 0.15) is 5.56 Å². The van der Waals surface area contributed by atoms with Crippen LogP contribution in [-0.4, -0.2) is 20.1 Å². The molecule has 0 atom stereocenters. The van der Waals surface area contributed by atoms with Gasteiger partial charge in [0.05, 0.1) is 24.4 Å². The molecule has 0 aliphatic rings. The van der Waals surface area contributed by atoms with E-state index in [1.807, 2.05) is 30.3 Å². The summed E-state index contributed by atoms with van der Waals surface area (Å²) in [5.41, 5.74) is 1.51. The monoisotopic (exact) mass is 361 g/mol. The molecule has 1 amide bonds. The Labute approximate surface area is 137 Å². The summed E-state index contributed by atoms with van der Waals surface area (Å²) in [5.74, 6) is 0.939. The molecule has 22 heavy (non-hydrogen) atoms. The van der Waals surface area contributed by atoms with Gasteiger partial charge in [0.15, 0.2) is 0 Å². The highest BCUT2D eigenvalue weighted by atomic mass is 79.9. The third-order valence-electron chi connectivity index (χ3n) is 2.97. The smallest absolute Gasteiger partial charge is 0.262 e. The van der Waals surface area contributed by atoms with Gasteiger partial charge in [-0.05, 0) is 39.7 Å². The topological polar surface area (TPSA) is 47.6 Å². The molecule has 0 saturated carbocycles. The number of hydrogen-bond donors (Lipinski definition) is 1. The van der Waals surface area contributed by atoms with Gasteiger partial charge in [0.1, 0.15) is 11.5 Å². The molecular weight excluding hydrogens is 346 g/mol. The molecule has 0 aliphatic carbocycles. The molecule has 1 N–H and O–H groups in total. The number of anilines is 1. The average Bonchev–Trinajstić information content (AvgIpc) is 2.56. The maximum atomic E-state index is 12.2. The lowest BCUT2D eigenvalue weighted by atomic mass is 10.2. The zero-order valence-corrected chi connectivity index (χ0v) is 13.9. The van der Waals surface area contributed by atoms with Crippen molar-refractivity contribution >= 4 is 33.6 Å². The van der Waals surface area contributed by atoms with Crippen molar-refractivity contribution in [3.05, 3.63) is 58.6 Å². The number of carbonyl (C=O) groups is 1. The fourth-order valence-corrected chi connectivity index (χ4v) is 2.21. The SMILES string of the molecule is COc1ccc(NC(=O)C(Br)=Cc2ccccc2)c(OC)c1. The molecule has 0 saturated heterocycles. The van der Waals surface area contributed by atoms with E-state index in [0.717, 1.165) is 5.56 Å². The maximum Gasteiger partial charge on any atom is 0.262 e. The van der Waals surface area contributed by atoms with Crippen LogP contribution >= 0.6 is 15.9 Å². The minimum Gasteiger partial charge on any atom is -0.497 e. The molecule has 0 spiro atoms. The standard InChI is InChI=1S/C17H16BrNO3/c1-21-13-8-9-15(16(11-13)22-2)19-17(20)14(18)10-12-6-4-3-5-7-12/h3-11H,1-2H3,(H,19,20). The molecule has 2 aromatic carbocycles. The van der Waals surface area contributed by atoms with Crippen molar-refractivity contribution in [2.45, 2.75) is 0 Å². The van der Waals surface area contributed by atoms with Gasteiger partial charge in [-0.25, -0.2) is 0 Å². The van der Waals surface area contributed by atoms with E-state index in [4.69, 9.17) is 9.47 Å². The third kappa shape index (κ3) is 4.11. The minimum absolute atomic E-state index is 0.257. The molecule has 114 valence electrons. The van der Waals surface area contributed by atoms with Gasteiger partial charge in [-0.15, -0.1) is 0 Å². The number of amides is 1. The van der Waals surface area contributed by atoms with Crippen LogP contribution in [0.3, 0.4) is 0 Å². The summed E-state index contributed by atoms with van der Waals surface area (Å²) in [6, 6.07) is 14.8. The lowest BCUT2D eigenvalue weighted by Gasteiger charge is -2.11. The second-order valence-electron chi connectivity index (χ2n) is 4.42. The lowest BCUT2D eigenvalue weighted by molar-refractivity contribution is -0.112. The lowest BCUT2D eigenvalue weighted by Crippen LogP contribution is -2.12. The van der Waals surface area contributed by atoms with E-state index < -0.39 is 0 Å². The van der Waals surface area contributed by atoms with Gasteiger partial charge in [0.25, 0.3) is 5.91 Å². The summed E-state index contributed by atoms with van der Waals surface area (Å²) >= 11 is 3.30. The second kappa shape index (κ2) is 7.66. The number of methoxy groups -OCH3 is 2. The first-order chi connectivity index (χ1) is 10.6. The molecule has 0 aromatic heterocycles. The molecule has 0 heterocycles. The van der Waals surface area contributed by atoms with E-state index in [1.54, 1.807) is 38.5 Å². The van der Waals surface area contributed by atoms with Crippen molar-refractivity contribution < 1.29 is 14.3 Å².